The molecule has 0 aromatic heterocycles. The van der Waals surface area contributed by atoms with Gasteiger partial charge >= 0.3 is 5.97 Å². The van der Waals surface area contributed by atoms with Crippen molar-refractivity contribution in [3.63, 3.8) is 0 Å². The van der Waals surface area contributed by atoms with Crippen molar-refractivity contribution in [1.82, 2.24) is 4.72 Å². The highest BCUT2D eigenvalue weighted by Crippen LogP contribution is 2.51. The Bertz CT molecular complexity index is 1500. The van der Waals surface area contributed by atoms with Gasteiger partial charge in [0.15, 0.2) is 11.5 Å². The molecule has 0 saturated heterocycles. The molecule has 0 spiro atoms. The number of aliphatic carboxylic acids is 1. The molecule has 194 valence electrons. The molecule has 3 aromatic rings. The summed E-state index contributed by atoms with van der Waals surface area (Å²) in [7, 11) is -3.98. The Morgan fingerprint density at radius 1 is 1.00 bits per heavy atom. The monoisotopic (exact) mass is 524 g/mol. The molecule has 10 heteroatoms. The van der Waals surface area contributed by atoms with E-state index in [0.717, 1.165) is 35.1 Å². The van der Waals surface area contributed by atoms with E-state index >= 15 is 0 Å². The van der Waals surface area contributed by atoms with Crippen molar-refractivity contribution in [2.24, 2.45) is 0 Å². The Labute approximate surface area is 216 Å². The number of amides is 1. The number of carbonyl (C=O) groups excluding carboxylic acids is 1. The van der Waals surface area contributed by atoms with Crippen molar-refractivity contribution < 1.29 is 34.0 Å². The Kier molecular flexibility index (Phi) is 6.17. The number of rotatable bonds is 8. The van der Waals surface area contributed by atoms with Crippen LogP contribution in [-0.2, 0) is 25.0 Å². The summed E-state index contributed by atoms with van der Waals surface area (Å²) in [5.41, 5.74) is 3.46. The number of carbonyl (C=O) groups is 2. The van der Waals surface area contributed by atoms with Crippen LogP contribution in [0.25, 0.3) is 11.1 Å². The van der Waals surface area contributed by atoms with Gasteiger partial charge in [0, 0.05) is 7.11 Å². The van der Waals surface area contributed by atoms with Gasteiger partial charge in [-0.2, -0.15) is 4.72 Å². The molecular weight excluding hydrogens is 496 g/mol. The van der Waals surface area contributed by atoms with Crippen LogP contribution >= 0.6 is 0 Å². The van der Waals surface area contributed by atoms with Gasteiger partial charge in [-0.25, -0.2) is 8.42 Å². The molecular formula is C27H28N2O7S. The van der Waals surface area contributed by atoms with Crippen molar-refractivity contribution in [1.29, 1.82) is 0 Å². The van der Waals surface area contributed by atoms with Crippen LogP contribution in [0.4, 0.5) is 5.69 Å². The first-order valence-corrected chi connectivity index (χ1v) is 13.3. The second-order valence-corrected chi connectivity index (χ2v) is 11.1. The molecule has 0 radical (unpaired) electrons. The number of benzene rings is 3. The maximum atomic E-state index is 13.3. The van der Waals surface area contributed by atoms with Crippen LogP contribution in [0.5, 0.6) is 11.5 Å². The summed E-state index contributed by atoms with van der Waals surface area (Å²) in [4.78, 5) is 24.3. The van der Waals surface area contributed by atoms with Crippen molar-refractivity contribution in [3.05, 3.63) is 71.8 Å². The minimum Gasteiger partial charge on any atom is -0.480 e. The van der Waals surface area contributed by atoms with E-state index in [1.807, 2.05) is 43.3 Å². The van der Waals surface area contributed by atoms with Gasteiger partial charge in [0.05, 0.1) is 10.3 Å². The quantitative estimate of drug-likeness (QED) is 0.405. The highest BCUT2D eigenvalue weighted by Gasteiger charge is 2.51. The van der Waals surface area contributed by atoms with E-state index in [-0.39, 0.29) is 19.0 Å². The molecule has 5 rings (SSSR count). The van der Waals surface area contributed by atoms with Crippen LogP contribution in [-0.4, -0.2) is 38.2 Å². The molecule has 3 N–H and O–H groups in total. The fourth-order valence-corrected chi connectivity index (χ4v) is 5.59. The van der Waals surface area contributed by atoms with Gasteiger partial charge in [-0.05, 0) is 85.3 Å². The maximum absolute atomic E-state index is 13.3. The molecule has 2 aliphatic rings. The zero-order valence-electron chi connectivity index (χ0n) is 20.3. The number of hydrogen-bond acceptors (Lipinski definition) is 6. The summed E-state index contributed by atoms with van der Waals surface area (Å²) >= 11 is 0. The van der Waals surface area contributed by atoms with Crippen LogP contribution in [0.2, 0.25) is 0 Å². The number of ether oxygens (including phenoxy) is 2. The molecule has 9 nitrogen and oxygen atoms in total. The molecule has 0 bridgehead atoms. The predicted octanol–water partition coefficient (Wildman–Crippen LogP) is 4.06. The van der Waals surface area contributed by atoms with Crippen molar-refractivity contribution in [2.45, 2.75) is 43.0 Å². The summed E-state index contributed by atoms with van der Waals surface area (Å²) in [6, 6.07) is 16.1. The minimum atomic E-state index is -3.98. The highest BCUT2D eigenvalue weighted by molar-refractivity contribution is 7.89. The smallest absolute Gasteiger partial charge is 0.321 e. The number of nitrogens with one attached hydrogen (secondary N) is 2. The average molecular weight is 525 g/mol. The van der Waals surface area contributed by atoms with Crippen molar-refractivity contribution in [3.8, 4) is 22.6 Å². The molecule has 1 fully saturated rings. The first kappa shape index (κ1) is 24.8. The molecule has 1 aliphatic heterocycles. The maximum Gasteiger partial charge on any atom is 0.321 e. The third kappa shape index (κ3) is 4.77. The standard InChI is InChI=1S/C27H26N2O7S.H2/c1-16-3-7-20(28-26(32)27(11-12-27)19-6-10-23-24(13-19)36-15-35-23)14-22(16)18-4-8-21(9-5-18)37(33,34)29-17(2)25(30)31;/h3-10,13-14,17,29H,11-12,15H2,1-2H3,(H,28,32)(H,30,31);1H/t17-;/m0./s1. The summed E-state index contributed by atoms with van der Waals surface area (Å²) in [5.74, 6) is -0.0381. The lowest BCUT2D eigenvalue weighted by Crippen LogP contribution is -2.38. The van der Waals surface area contributed by atoms with Crippen molar-refractivity contribution >= 4 is 27.6 Å². The number of sulfonamides is 1. The van der Waals surface area contributed by atoms with E-state index in [0.29, 0.717) is 17.2 Å². The van der Waals surface area contributed by atoms with E-state index < -0.39 is 27.4 Å². The summed E-state index contributed by atoms with van der Waals surface area (Å²) < 4.78 is 37.9. The van der Waals surface area contributed by atoms with E-state index in [2.05, 4.69) is 10.0 Å². The normalized spacial score (nSPS) is 16.2. The fourth-order valence-electron chi connectivity index (χ4n) is 4.39. The van der Waals surface area contributed by atoms with Gasteiger partial charge in [0.1, 0.15) is 6.04 Å². The van der Waals surface area contributed by atoms with Crippen LogP contribution in [0.15, 0.2) is 65.6 Å². The molecule has 1 aliphatic carbocycles. The summed E-state index contributed by atoms with van der Waals surface area (Å²) in [6.07, 6.45) is 1.48. The Morgan fingerprint density at radius 3 is 2.38 bits per heavy atom. The first-order valence-electron chi connectivity index (χ1n) is 11.8. The van der Waals surface area contributed by atoms with Gasteiger partial charge in [-0.1, -0.05) is 24.3 Å². The highest BCUT2D eigenvalue weighted by atomic mass is 32.2. The predicted molar refractivity (Wildman–Crippen MR) is 138 cm³/mol. The van der Waals surface area contributed by atoms with Gasteiger partial charge in [0.25, 0.3) is 0 Å². The second kappa shape index (κ2) is 9.20. The van der Waals surface area contributed by atoms with E-state index in [1.54, 1.807) is 12.1 Å². The van der Waals surface area contributed by atoms with Crippen LogP contribution in [0.3, 0.4) is 0 Å². The van der Waals surface area contributed by atoms with Crippen molar-refractivity contribution in [2.75, 3.05) is 12.1 Å². The third-order valence-electron chi connectivity index (χ3n) is 6.78. The molecule has 1 heterocycles. The molecule has 1 amide bonds. The summed E-state index contributed by atoms with van der Waals surface area (Å²) in [6.45, 7) is 3.36. The number of hydrogen-bond donors (Lipinski definition) is 3. The largest absolute Gasteiger partial charge is 0.480 e. The first-order chi connectivity index (χ1) is 17.6. The third-order valence-corrected chi connectivity index (χ3v) is 8.34. The van der Waals surface area contributed by atoms with Gasteiger partial charge in [0.2, 0.25) is 22.7 Å². The topological polar surface area (TPSA) is 131 Å². The number of carboxylic acid groups (broad SMARTS) is 1. The van der Waals surface area contributed by atoms with Crippen LogP contribution < -0.4 is 19.5 Å². The SMILES string of the molecule is Cc1ccc(NC(=O)C2(c3ccc4c(c3)OCO4)CC2)cc1-c1ccc(S(=O)(=O)N[C@@H](C)C(=O)O)cc1.[HH]. The van der Waals surface area contributed by atoms with Crippen LogP contribution in [0, 0.1) is 6.92 Å². The average Bonchev–Trinajstić information content (AvgIpc) is 3.55. The zero-order chi connectivity index (χ0) is 26.4. The lowest BCUT2D eigenvalue weighted by molar-refractivity contribution is -0.138. The molecule has 3 aromatic carbocycles. The molecule has 1 atom stereocenters. The Balaban J connectivity index is 0.00000336. The van der Waals surface area contributed by atoms with Crippen LogP contribution in [0.1, 0.15) is 32.3 Å². The Hall–Kier alpha value is -3.89. The van der Waals surface area contributed by atoms with E-state index in [1.165, 1.54) is 19.1 Å². The number of anilines is 1. The van der Waals surface area contributed by atoms with Gasteiger partial charge < -0.3 is 19.9 Å². The molecule has 0 unspecified atom stereocenters. The van der Waals surface area contributed by atoms with E-state index in [9.17, 15) is 18.0 Å². The molecule has 1 saturated carbocycles. The zero-order valence-corrected chi connectivity index (χ0v) is 21.1. The minimum absolute atomic E-state index is 0. The van der Waals surface area contributed by atoms with Gasteiger partial charge in [-0.15, -0.1) is 0 Å². The number of carboxylic acids is 1. The number of fused-ring (bicyclic) bond motifs is 1. The number of aryl methyl sites for hydroxylation is 1. The fraction of sp³-hybridized carbons (Fsp3) is 0.259. The summed E-state index contributed by atoms with van der Waals surface area (Å²) in [5, 5.41) is 12.0. The molecule has 37 heavy (non-hydrogen) atoms. The lowest BCUT2D eigenvalue weighted by Gasteiger charge is -2.17. The Morgan fingerprint density at radius 2 is 1.70 bits per heavy atom. The van der Waals surface area contributed by atoms with Gasteiger partial charge in [-0.3, -0.25) is 9.59 Å². The second-order valence-electron chi connectivity index (χ2n) is 9.34. The lowest BCUT2D eigenvalue weighted by atomic mass is 9.94. The van der Waals surface area contributed by atoms with E-state index in [4.69, 9.17) is 14.6 Å².